The molecule has 6 nitrogen and oxygen atoms in total. The molecule has 1 aliphatic rings. The van der Waals surface area contributed by atoms with Crippen LogP contribution in [0.3, 0.4) is 0 Å². The van der Waals surface area contributed by atoms with Gasteiger partial charge in [0.1, 0.15) is 0 Å². The summed E-state index contributed by atoms with van der Waals surface area (Å²) in [6.07, 6.45) is 4.88. The van der Waals surface area contributed by atoms with Crippen molar-refractivity contribution in [2.75, 3.05) is 13.2 Å². The van der Waals surface area contributed by atoms with E-state index in [9.17, 15) is 14.4 Å². The fourth-order valence-electron chi connectivity index (χ4n) is 1.19. The van der Waals surface area contributed by atoms with Crippen LogP contribution in [0.4, 0.5) is 0 Å². The van der Waals surface area contributed by atoms with Crippen molar-refractivity contribution in [1.29, 1.82) is 0 Å². The van der Waals surface area contributed by atoms with E-state index in [-0.39, 0.29) is 12.5 Å². The molecule has 6 heteroatoms. The first-order chi connectivity index (χ1) is 8.51. The second kappa shape index (κ2) is 8.98. The maximum atomic E-state index is 10.7. The maximum Gasteiger partial charge on any atom is 0.330 e. The lowest BCUT2D eigenvalue weighted by Crippen LogP contribution is -2.16. The number of hydrogen-bond donors (Lipinski definition) is 1. The zero-order valence-electron chi connectivity index (χ0n) is 10.3. The number of hydrogen-bond acceptors (Lipinski definition) is 4. The molecule has 0 aromatic rings. The average Bonchev–Trinajstić information content (AvgIpc) is 2.73. The van der Waals surface area contributed by atoms with E-state index >= 15 is 0 Å². The molecule has 0 unspecified atom stereocenters. The van der Waals surface area contributed by atoms with Gasteiger partial charge in [-0.25, -0.2) is 9.59 Å². The van der Waals surface area contributed by atoms with Gasteiger partial charge in [-0.05, 0) is 19.5 Å². The summed E-state index contributed by atoms with van der Waals surface area (Å²) >= 11 is 0. The Hall–Kier alpha value is -2.11. The fourth-order valence-corrected chi connectivity index (χ4v) is 1.19. The van der Waals surface area contributed by atoms with Crippen LogP contribution in [0.25, 0.3) is 0 Å². The summed E-state index contributed by atoms with van der Waals surface area (Å²) in [7, 11) is 0. The van der Waals surface area contributed by atoms with E-state index in [1.807, 2.05) is 0 Å². The third-order valence-electron chi connectivity index (χ3n) is 1.98. The molecule has 0 radical (unpaired) electrons. The van der Waals surface area contributed by atoms with E-state index in [0.29, 0.717) is 6.42 Å². The summed E-state index contributed by atoms with van der Waals surface area (Å²) in [6.45, 7) is 6.26. The minimum absolute atomic E-state index is 0.208. The third-order valence-corrected chi connectivity index (χ3v) is 1.98. The molecule has 0 aromatic heterocycles. The molecule has 18 heavy (non-hydrogen) atoms. The van der Waals surface area contributed by atoms with Crippen LogP contribution in [-0.4, -0.2) is 41.0 Å². The predicted molar refractivity (Wildman–Crippen MR) is 64.6 cm³/mol. The smallest absolute Gasteiger partial charge is 0.330 e. The maximum absolute atomic E-state index is 10.7. The summed E-state index contributed by atoms with van der Waals surface area (Å²) in [4.78, 5) is 32.5. The van der Waals surface area contributed by atoms with Gasteiger partial charge in [0, 0.05) is 25.1 Å². The lowest BCUT2D eigenvalue weighted by atomic mass is 10.4. The highest BCUT2D eigenvalue weighted by Crippen LogP contribution is 2.08. The van der Waals surface area contributed by atoms with Gasteiger partial charge in [0.05, 0.1) is 6.61 Å². The molecular weight excluding hydrogens is 238 g/mol. The monoisotopic (exact) mass is 255 g/mol. The number of ether oxygens (including phenoxy) is 1. The van der Waals surface area contributed by atoms with Gasteiger partial charge in [-0.15, -0.1) is 0 Å². The number of carboxylic acid groups (broad SMARTS) is 1. The molecule has 0 saturated carbocycles. The zero-order chi connectivity index (χ0) is 14.0. The number of aliphatic carboxylic acids is 1. The van der Waals surface area contributed by atoms with E-state index in [2.05, 4.69) is 11.3 Å². The van der Waals surface area contributed by atoms with Crippen LogP contribution < -0.4 is 0 Å². The van der Waals surface area contributed by atoms with Crippen molar-refractivity contribution in [3.8, 4) is 0 Å². The van der Waals surface area contributed by atoms with Gasteiger partial charge in [-0.1, -0.05) is 6.58 Å². The number of carbonyl (C=O) groups excluding carboxylic acids is 2. The van der Waals surface area contributed by atoms with Crippen molar-refractivity contribution in [3.63, 3.8) is 0 Å². The van der Waals surface area contributed by atoms with Crippen molar-refractivity contribution in [1.82, 2.24) is 4.90 Å². The molecule has 1 N–H and O–H groups in total. The van der Waals surface area contributed by atoms with Crippen LogP contribution in [0.15, 0.2) is 24.9 Å². The Bertz CT molecular complexity index is 348. The van der Waals surface area contributed by atoms with Crippen molar-refractivity contribution >= 4 is 17.8 Å². The quantitative estimate of drug-likeness (QED) is 0.597. The molecule has 100 valence electrons. The number of rotatable bonds is 4. The SMILES string of the molecule is C=CN1CCCC1=O.CCOC(=O)/C=C\C(=O)O. The second-order valence-electron chi connectivity index (χ2n) is 3.30. The Balaban J connectivity index is 0.000000327. The normalized spacial score (nSPS) is 14.1. The largest absolute Gasteiger partial charge is 0.478 e. The number of nitrogens with zero attached hydrogens (tertiary/aromatic N) is 1. The van der Waals surface area contributed by atoms with E-state index in [1.165, 1.54) is 0 Å². The summed E-state index contributed by atoms with van der Waals surface area (Å²) in [6, 6.07) is 0. The highest BCUT2D eigenvalue weighted by molar-refractivity contribution is 5.90. The predicted octanol–water partition coefficient (Wildman–Crippen LogP) is 0.943. The minimum atomic E-state index is -1.16. The topological polar surface area (TPSA) is 83.9 Å². The number of likely N-dealkylation sites (tertiary alicyclic amines) is 1. The van der Waals surface area contributed by atoms with Gasteiger partial charge in [0.25, 0.3) is 0 Å². The Labute approximate surface area is 106 Å². The Morgan fingerprint density at radius 2 is 2.17 bits per heavy atom. The van der Waals surface area contributed by atoms with Gasteiger partial charge in [0.15, 0.2) is 0 Å². The van der Waals surface area contributed by atoms with Crippen LogP contribution in [0.1, 0.15) is 19.8 Å². The van der Waals surface area contributed by atoms with Gasteiger partial charge in [-0.2, -0.15) is 0 Å². The zero-order valence-corrected chi connectivity index (χ0v) is 10.3. The van der Waals surface area contributed by atoms with Gasteiger partial charge < -0.3 is 14.7 Å². The molecule has 1 aliphatic heterocycles. The molecule has 1 fully saturated rings. The van der Waals surface area contributed by atoms with E-state index in [0.717, 1.165) is 25.1 Å². The highest BCUT2D eigenvalue weighted by atomic mass is 16.5. The summed E-state index contributed by atoms with van der Waals surface area (Å²) in [5.74, 6) is -1.59. The first kappa shape index (κ1) is 15.9. The molecule has 0 bridgehead atoms. The van der Waals surface area contributed by atoms with E-state index in [1.54, 1.807) is 18.0 Å². The molecule has 0 spiro atoms. The Kier molecular flexibility index (Phi) is 7.92. The molecule has 1 saturated heterocycles. The molecule has 0 atom stereocenters. The molecule has 1 rings (SSSR count). The lowest BCUT2D eigenvalue weighted by Gasteiger charge is -2.05. The first-order valence-electron chi connectivity index (χ1n) is 5.51. The highest BCUT2D eigenvalue weighted by Gasteiger charge is 2.15. The number of amides is 1. The molecule has 1 heterocycles. The van der Waals surface area contributed by atoms with Gasteiger partial charge in [-0.3, -0.25) is 4.79 Å². The van der Waals surface area contributed by atoms with Crippen LogP contribution in [0.2, 0.25) is 0 Å². The number of esters is 1. The lowest BCUT2D eigenvalue weighted by molar-refractivity contribution is -0.138. The third kappa shape index (κ3) is 7.21. The number of carboxylic acids is 1. The van der Waals surface area contributed by atoms with Crippen molar-refractivity contribution in [3.05, 3.63) is 24.9 Å². The summed E-state index contributed by atoms with van der Waals surface area (Å²) in [5.41, 5.74) is 0. The van der Waals surface area contributed by atoms with Crippen LogP contribution in [0, 0.1) is 0 Å². The van der Waals surface area contributed by atoms with Crippen LogP contribution in [0.5, 0.6) is 0 Å². The summed E-state index contributed by atoms with van der Waals surface area (Å²) in [5, 5.41) is 8.04. The standard InChI is InChI=1S/C6H9NO.C6H8O4/c1-2-7-5-3-4-6(7)8;1-2-10-6(9)4-3-5(7)8/h2H,1,3-5H2;3-4H,2H2,1H3,(H,7,8)/b;4-3-. The summed E-state index contributed by atoms with van der Waals surface area (Å²) < 4.78 is 4.40. The molecule has 1 amide bonds. The Morgan fingerprint density at radius 3 is 2.50 bits per heavy atom. The van der Waals surface area contributed by atoms with Crippen molar-refractivity contribution in [2.24, 2.45) is 0 Å². The Morgan fingerprint density at radius 1 is 1.50 bits per heavy atom. The van der Waals surface area contributed by atoms with Gasteiger partial charge in [0.2, 0.25) is 5.91 Å². The van der Waals surface area contributed by atoms with E-state index < -0.39 is 11.9 Å². The van der Waals surface area contributed by atoms with Crippen molar-refractivity contribution in [2.45, 2.75) is 19.8 Å². The van der Waals surface area contributed by atoms with Crippen LogP contribution in [-0.2, 0) is 19.1 Å². The average molecular weight is 255 g/mol. The molecular formula is C12H17NO5. The molecule has 0 aliphatic carbocycles. The second-order valence-corrected chi connectivity index (χ2v) is 3.30. The first-order valence-corrected chi connectivity index (χ1v) is 5.51. The van der Waals surface area contributed by atoms with E-state index in [4.69, 9.17) is 5.11 Å². The number of carbonyl (C=O) groups is 3. The minimum Gasteiger partial charge on any atom is -0.478 e. The van der Waals surface area contributed by atoms with Crippen LogP contribution >= 0.6 is 0 Å². The fraction of sp³-hybridized carbons (Fsp3) is 0.417. The van der Waals surface area contributed by atoms with Gasteiger partial charge >= 0.3 is 11.9 Å². The molecule has 0 aromatic carbocycles. The van der Waals surface area contributed by atoms with Crippen molar-refractivity contribution < 1.29 is 24.2 Å².